The van der Waals surface area contributed by atoms with Crippen LogP contribution in [-0.4, -0.2) is 20.7 Å². The third-order valence-corrected chi connectivity index (χ3v) is 3.84. The van der Waals surface area contributed by atoms with Gasteiger partial charge in [-0.15, -0.1) is 0 Å². The van der Waals surface area contributed by atoms with E-state index in [1.165, 1.54) is 35.4 Å². The van der Waals surface area contributed by atoms with Gasteiger partial charge in [-0.1, -0.05) is 12.1 Å². The van der Waals surface area contributed by atoms with Gasteiger partial charge in [0, 0.05) is 18.8 Å². The van der Waals surface area contributed by atoms with Crippen LogP contribution < -0.4 is 10.7 Å². The average molecular weight is 387 g/mol. The number of benzene rings is 1. The predicted molar refractivity (Wildman–Crippen MR) is 91.5 cm³/mol. The molecule has 142 valence electrons. The summed E-state index contributed by atoms with van der Waals surface area (Å²) in [4.78, 5) is 27.1. The number of rotatable bonds is 4. The van der Waals surface area contributed by atoms with Gasteiger partial charge in [0.1, 0.15) is 17.5 Å². The smallest absolute Gasteiger partial charge is 0.348 e. The van der Waals surface area contributed by atoms with E-state index in [1.54, 1.807) is 0 Å². The highest BCUT2D eigenvalue weighted by Gasteiger charge is 2.29. The number of aromatic nitrogens is 3. The molecule has 7 nitrogen and oxygen atoms in total. The first-order chi connectivity index (χ1) is 13.3. The Morgan fingerprint density at radius 3 is 2.57 bits per heavy atom. The number of halogens is 3. The summed E-state index contributed by atoms with van der Waals surface area (Å²) in [5.74, 6) is -0.406. The van der Waals surface area contributed by atoms with Crippen LogP contribution in [0.15, 0.2) is 53.7 Å². The molecule has 0 saturated carbocycles. The van der Waals surface area contributed by atoms with Crippen molar-refractivity contribution in [2.45, 2.75) is 12.7 Å². The number of H-pyrrole nitrogens is 1. The van der Waals surface area contributed by atoms with Crippen molar-refractivity contribution in [2.75, 3.05) is 0 Å². The number of nitriles is 1. The van der Waals surface area contributed by atoms with Crippen LogP contribution in [0.1, 0.15) is 27.0 Å². The van der Waals surface area contributed by atoms with Crippen LogP contribution in [0.3, 0.4) is 0 Å². The first-order valence-electron chi connectivity index (χ1n) is 7.90. The Labute approximate surface area is 156 Å². The lowest BCUT2D eigenvalue weighted by Crippen LogP contribution is -2.28. The number of nitrogens with zero attached hydrogens (tertiary/aromatic N) is 3. The zero-order valence-corrected chi connectivity index (χ0v) is 14.1. The monoisotopic (exact) mass is 387 g/mol. The van der Waals surface area contributed by atoms with E-state index in [0.29, 0.717) is 11.1 Å². The predicted octanol–water partition coefficient (Wildman–Crippen LogP) is 2.38. The summed E-state index contributed by atoms with van der Waals surface area (Å²) < 4.78 is 38.9. The van der Waals surface area contributed by atoms with Crippen molar-refractivity contribution in [1.82, 2.24) is 20.1 Å². The van der Waals surface area contributed by atoms with Crippen LogP contribution in [0.5, 0.6) is 0 Å². The molecule has 3 aromatic rings. The van der Waals surface area contributed by atoms with Crippen molar-refractivity contribution in [3.8, 4) is 11.9 Å². The van der Waals surface area contributed by atoms with Crippen LogP contribution in [0.4, 0.5) is 13.2 Å². The fraction of sp³-hybridized carbons (Fsp3) is 0.111. The molecular weight excluding hydrogens is 375 g/mol. The molecule has 0 fully saturated rings. The highest BCUT2D eigenvalue weighted by atomic mass is 19.4. The standard InChI is InChI=1S/C18H12F3N5O2/c19-18(20,21)13-3-1-11(2-4-13)7-24-17(28)14-9-23-16(5-15(14)27)26-10-12(6-22)8-25-26/h1-5,8-10H,7H2,(H,23,27)(H,24,28). The molecule has 2 heterocycles. The van der Waals surface area contributed by atoms with Crippen molar-refractivity contribution in [3.05, 3.63) is 81.4 Å². The third kappa shape index (κ3) is 4.09. The molecule has 1 amide bonds. The number of alkyl halides is 3. The van der Waals surface area contributed by atoms with Crippen LogP contribution >= 0.6 is 0 Å². The second-order valence-electron chi connectivity index (χ2n) is 5.76. The van der Waals surface area contributed by atoms with Gasteiger partial charge in [0.25, 0.3) is 5.91 Å². The van der Waals surface area contributed by atoms with Crippen LogP contribution in [0.25, 0.3) is 5.82 Å². The lowest BCUT2D eigenvalue weighted by molar-refractivity contribution is -0.137. The zero-order chi connectivity index (χ0) is 20.3. The molecule has 2 N–H and O–H groups in total. The molecule has 10 heteroatoms. The molecule has 0 atom stereocenters. The quantitative estimate of drug-likeness (QED) is 0.717. The highest BCUT2D eigenvalue weighted by Crippen LogP contribution is 2.29. The van der Waals surface area contributed by atoms with Gasteiger partial charge in [0.2, 0.25) is 0 Å². The van der Waals surface area contributed by atoms with Gasteiger partial charge in [-0.3, -0.25) is 9.59 Å². The van der Waals surface area contributed by atoms with Crippen molar-refractivity contribution >= 4 is 5.91 Å². The van der Waals surface area contributed by atoms with Gasteiger partial charge in [-0.2, -0.15) is 23.5 Å². The number of nitrogens with one attached hydrogen (secondary N) is 2. The van der Waals surface area contributed by atoms with E-state index in [9.17, 15) is 22.8 Å². The number of carbonyl (C=O) groups is 1. The van der Waals surface area contributed by atoms with Crippen LogP contribution in [-0.2, 0) is 12.7 Å². The molecule has 1 aromatic carbocycles. The van der Waals surface area contributed by atoms with E-state index < -0.39 is 23.1 Å². The minimum absolute atomic E-state index is 0.0388. The molecule has 0 aliphatic carbocycles. The molecule has 0 spiro atoms. The normalized spacial score (nSPS) is 11.1. The van der Waals surface area contributed by atoms with Crippen LogP contribution in [0.2, 0.25) is 0 Å². The van der Waals surface area contributed by atoms with Crippen molar-refractivity contribution in [3.63, 3.8) is 0 Å². The van der Waals surface area contributed by atoms with Gasteiger partial charge in [0.15, 0.2) is 5.43 Å². The minimum Gasteiger partial charge on any atom is -0.348 e. The summed E-state index contributed by atoms with van der Waals surface area (Å²) >= 11 is 0. The Morgan fingerprint density at radius 1 is 1.29 bits per heavy atom. The summed E-state index contributed by atoms with van der Waals surface area (Å²) in [5, 5.41) is 15.2. The summed E-state index contributed by atoms with van der Waals surface area (Å²) in [6.07, 6.45) is -0.495. The summed E-state index contributed by atoms with van der Waals surface area (Å²) in [6.45, 7) is -0.0388. The van der Waals surface area contributed by atoms with Crippen molar-refractivity contribution in [2.24, 2.45) is 0 Å². The fourth-order valence-electron chi connectivity index (χ4n) is 2.37. The minimum atomic E-state index is -4.43. The van der Waals surface area contributed by atoms with Gasteiger partial charge >= 0.3 is 6.18 Å². The second kappa shape index (κ2) is 7.40. The molecule has 0 saturated heterocycles. The second-order valence-corrected chi connectivity index (χ2v) is 5.76. The number of pyridine rings is 1. The lowest BCUT2D eigenvalue weighted by atomic mass is 10.1. The molecular formula is C18H12F3N5O2. The topological polar surface area (TPSA) is 104 Å². The average Bonchev–Trinajstić information content (AvgIpc) is 3.15. The van der Waals surface area contributed by atoms with E-state index >= 15 is 0 Å². The van der Waals surface area contributed by atoms with Crippen LogP contribution in [0, 0.1) is 11.3 Å². The molecule has 28 heavy (non-hydrogen) atoms. The Kier molecular flexibility index (Phi) is 5.00. The number of amides is 1. The third-order valence-electron chi connectivity index (χ3n) is 3.84. The number of hydrogen-bond acceptors (Lipinski definition) is 4. The van der Waals surface area contributed by atoms with E-state index in [-0.39, 0.29) is 17.9 Å². The summed E-state index contributed by atoms with van der Waals surface area (Å²) in [7, 11) is 0. The lowest BCUT2D eigenvalue weighted by Gasteiger charge is -2.09. The maximum atomic E-state index is 12.5. The Balaban J connectivity index is 1.69. The Hall–Kier alpha value is -3.87. The SMILES string of the molecule is N#Cc1cnn(-c2cc(=O)c(C(=O)NCc3ccc(C(F)(F)F)cc3)c[nH]2)c1. The van der Waals surface area contributed by atoms with Gasteiger partial charge in [-0.25, -0.2) is 4.68 Å². The maximum absolute atomic E-state index is 12.5. The number of hydrogen-bond donors (Lipinski definition) is 2. The Bertz CT molecular complexity index is 1110. The zero-order valence-electron chi connectivity index (χ0n) is 14.1. The van der Waals surface area contributed by atoms with E-state index in [4.69, 9.17) is 5.26 Å². The number of aromatic amines is 1. The van der Waals surface area contributed by atoms with Gasteiger partial charge in [-0.05, 0) is 17.7 Å². The molecule has 0 aliphatic heterocycles. The first kappa shape index (κ1) is 18.9. The van der Waals surface area contributed by atoms with E-state index in [1.807, 2.05) is 6.07 Å². The van der Waals surface area contributed by atoms with Gasteiger partial charge < -0.3 is 10.3 Å². The summed E-state index contributed by atoms with van der Waals surface area (Å²) in [5.41, 5.74) is -0.766. The van der Waals surface area contributed by atoms with E-state index in [2.05, 4.69) is 15.4 Å². The molecule has 3 rings (SSSR count). The molecule has 2 aromatic heterocycles. The van der Waals surface area contributed by atoms with Crippen molar-refractivity contribution in [1.29, 1.82) is 5.26 Å². The number of carbonyl (C=O) groups excluding carboxylic acids is 1. The fourth-order valence-corrected chi connectivity index (χ4v) is 2.37. The molecule has 0 aliphatic rings. The highest BCUT2D eigenvalue weighted by molar-refractivity contribution is 5.93. The van der Waals surface area contributed by atoms with Crippen molar-refractivity contribution < 1.29 is 18.0 Å². The molecule has 0 radical (unpaired) electrons. The van der Waals surface area contributed by atoms with E-state index in [0.717, 1.165) is 18.2 Å². The summed E-state index contributed by atoms with van der Waals surface area (Å²) in [6, 6.07) is 7.40. The first-order valence-corrected chi connectivity index (χ1v) is 7.90. The largest absolute Gasteiger partial charge is 0.416 e. The molecule has 0 unspecified atom stereocenters. The maximum Gasteiger partial charge on any atom is 0.416 e. The Morgan fingerprint density at radius 2 is 2.00 bits per heavy atom. The van der Waals surface area contributed by atoms with Gasteiger partial charge in [0.05, 0.1) is 23.5 Å². The molecule has 0 bridgehead atoms.